The average molecular weight is 291 g/mol. The smallest absolute Gasteiger partial charge is 0.122 e. The molecule has 0 saturated heterocycles. The number of hydrogen-bond acceptors (Lipinski definition) is 3. The van der Waals surface area contributed by atoms with Crippen LogP contribution < -0.4 is 10.1 Å². The number of benzene rings is 1. The van der Waals surface area contributed by atoms with Crippen molar-refractivity contribution in [3.05, 3.63) is 29.3 Å². The van der Waals surface area contributed by atoms with Crippen molar-refractivity contribution in [3.63, 3.8) is 0 Å². The van der Waals surface area contributed by atoms with Crippen molar-refractivity contribution in [1.82, 2.24) is 5.32 Å². The van der Waals surface area contributed by atoms with E-state index in [-0.39, 0.29) is 0 Å². The van der Waals surface area contributed by atoms with Gasteiger partial charge in [0.1, 0.15) is 12.4 Å². The number of nitrogens with one attached hydrogen (secondary N) is 1. The van der Waals surface area contributed by atoms with E-state index in [4.69, 9.17) is 4.74 Å². The second-order valence-electron chi connectivity index (χ2n) is 6.38. The van der Waals surface area contributed by atoms with Gasteiger partial charge < -0.3 is 15.2 Å². The van der Waals surface area contributed by atoms with Crippen molar-refractivity contribution in [2.45, 2.75) is 64.5 Å². The van der Waals surface area contributed by atoms with Gasteiger partial charge in [0.05, 0.1) is 5.60 Å². The third-order valence-corrected chi connectivity index (χ3v) is 4.49. The zero-order valence-electron chi connectivity index (χ0n) is 13.6. The van der Waals surface area contributed by atoms with E-state index in [2.05, 4.69) is 38.2 Å². The van der Waals surface area contributed by atoms with Gasteiger partial charge in [0.2, 0.25) is 0 Å². The van der Waals surface area contributed by atoms with Gasteiger partial charge in [-0.05, 0) is 50.4 Å². The highest BCUT2D eigenvalue weighted by atomic mass is 16.5. The number of ether oxygens (including phenoxy) is 1. The molecule has 0 heterocycles. The third kappa shape index (κ3) is 4.45. The topological polar surface area (TPSA) is 41.5 Å². The molecule has 0 bridgehead atoms. The minimum atomic E-state index is -0.625. The molecule has 1 saturated carbocycles. The fraction of sp³-hybridized carbons (Fsp3) is 0.667. The van der Waals surface area contributed by atoms with Crippen LogP contribution in [0.5, 0.6) is 5.75 Å². The fourth-order valence-corrected chi connectivity index (χ4v) is 3.09. The van der Waals surface area contributed by atoms with Crippen molar-refractivity contribution < 1.29 is 9.84 Å². The number of aryl methyl sites for hydroxylation is 1. The monoisotopic (exact) mass is 291 g/mol. The van der Waals surface area contributed by atoms with E-state index < -0.39 is 5.60 Å². The maximum absolute atomic E-state index is 10.5. The summed E-state index contributed by atoms with van der Waals surface area (Å²) in [6.45, 7) is 7.74. The normalized spacial score (nSPS) is 19.2. The molecule has 1 aliphatic carbocycles. The molecule has 0 aliphatic heterocycles. The molecule has 2 N–H and O–H groups in total. The highest BCUT2D eigenvalue weighted by molar-refractivity contribution is 5.37. The van der Waals surface area contributed by atoms with E-state index in [1.807, 2.05) is 6.07 Å². The van der Waals surface area contributed by atoms with Gasteiger partial charge in [-0.2, -0.15) is 0 Å². The summed E-state index contributed by atoms with van der Waals surface area (Å²) in [5.41, 5.74) is 1.79. The van der Waals surface area contributed by atoms with Crippen LogP contribution in [0.25, 0.3) is 0 Å². The molecule has 21 heavy (non-hydrogen) atoms. The fourth-order valence-electron chi connectivity index (χ4n) is 3.09. The van der Waals surface area contributed by atoms with Gasteiger partial charge in [0.25, 0.3) is 0 Å². The van der Waals surface area contributed by atoms with Gasteiger partial charge in [0.15, 0.2) is 0 Å². The van der Waals surface area contributed by atoms with Crippen LogP contribution in [0.2, 0.25) is 0 Å². The first-order valence-corrected chi connectivity index (χ1v) is 8.23. The maximum atomic E-state index is 10.5. The lowest BCUT2D eigenvalue weighted by Crippen LogP contribution is -2.38. The molecule has 3 nitrogen and oxygen atoms in total. The molecule has 1 aromatic carbocycles. The zero-order valence-corrected chi connectivity index (χ0v) is 13.6. The van der Waals surface area contributed by atoms with Gasteiger partial charge in [-0.25, -0.2) is 0 Å². The summed E-state index contributed by atoms with van der Waals surface area (Å²) in [4.78, 5) is 0. The summed E-state index contributed by atoms with van der Waals surface area (Å²) in [5, 5.41) is 13.9. The first-order chi connectivity index (χ1) is 10.0. The Bertz CT molecular complexity index is 453. The minimum absolute atomic E-state index is 0.352. The second-order valence-corrected chi connectivity index (χ2v) is 6.38. The van der Waals surface area contributed by atoms with Crippen molar-refractivity contribution in [2.24, 2.45) is 0 Å². The summed E-state index contributed by atoms with van der Waals surface area (Å²) in [6, 6.07) is 6.67. The van der Waals surface area contributed by atoms with Gasteiger partial charge in [-0.1, -0.05) is 38.3 Å². The number of aliphatic hydroxyl groups is 1. The van der Waals surface area contributed by atoms with Crippen molar-refractivity contribution in [2.75, 3.05) is 13.2 Å². The highest BCUT2D eigenvalue weighted by Crippen LogP contribution is 2.30. The molecule has 1 unspecified atom stereocenters. The molecule has 1 aromatic rings. The molecular weight excluding hydrogens is 262 g/mol. The molecule has 0 amide bonds. The summed E-state index contributed by atoms with van der Waals surface area (Å²) in [5.74, 6) is 0.890. The quantitative estimate of drug-likeness (QED) is 0.839. The van der Waals surface area contributed by atoms with Crippen molar-refractivity contribution in [3.8, 4) is 5.75 Å². The molecule has 0 spiro atoms. The number of hydrogen-bond donors (Lipinski definition) is 2. The van der Waals surface area contributed by atoms with E-state index in [0.717, 1.165) is 43.5 Å². The predicted molar refractivity (Wildman–Crippen MR) is 86.8 cm³/mol. The SMILES string of the molecule is CCNC(C)c1ccc(OCC2(O)CCCCC2)c(C)c1. The second kappa shape index (κ2) is 7.28. The van der Waals surface area contributed by atoms with Gasteiger partial charge in [-0.3, -0.25) is 0 Å². The average Bonchev–Trinajstić information content (AvgIpc) is 2.47. The van der Waals surface area contributed by atoms with Crippen LogP contribution in [-0.2, 0) is 0 Å². The summed E-state index contributed by atoms with van der Waals surface area (Å²) < 4.78 is 5.90. The lowest BCUT2D eigenvalue weighted by Gasteiger charge is -2.32. The van der Waals surface area contributed by atoms with Crippen LogP contribution in [0.15, 0.2) is 18.2 Å². The van der Waals surface area contributed by atoms with E-state index in [1.54, 1.807) is 0 Å². The predicted octanol–water partition coefficient (Wildman–Crippen LogP) is 3.74. The minimum Gasteiger partial charge on any atom is -0.490 e. The molecule has 0 aromatic heterocycles. The van der Waals surface area contributed by atoms with Crippen LogP contribution >= 0.6 is 0 Å². The van der Waals surface area contributed by atoms with E-state index in [9.17, 15) is 5.11 Å². The van der Waals surface area contributed by atoms with Crippen molar-refractivity contribution >= 4 is 0 Å². The van der Waals surface area contributed by atoms with Gasteiger partial charge in [-0.15, -0.1) is 0 Å². The van der Waals surface area contributed by atoms with E-state index in [0.29, 0.717) is 12.6 Å². The Morgan fingerprint density at radius 3 is 2.62 bits per heavy atom. The van der Waals surface area contributed by atoms with E-state index >= 15 is 0 Å². The lowest BCUT2D eigenvalue weighted by molar-refractivity contribution is -0.0340. The molecule has 1 fully saturated rings. The van der Waals surface area contributed by atoms with Gasteiger partial charge in [0, 0.05) is 6.04 Å². The van der Waals surface area contributed by atoms with Crippen LogP contribution in [0.4, 0.5) is 0 Å². The standard InChI is InChI=1S/C18H29NO2/c1-4-19-15(3)16-8-9-17(14(2)12-16)21-13-18(20)10-6-5-7-11-18/h8-9,12,15,19-20H,4-7,10-11,13H2,1-3H3. The highest BCUT2D eigenvalue weighted by Gasteiger charge is 2.30. The maximum Gasteiger partial charge on any atom is 0.122 e. The summed E-state index contributed by atoms with van der Waals surface area (Å²) >= 11 is 0. The first-order valence-electron chi connectivity index (χ1n) is 8.23. The Morgan fingerprint density at radius 2 is 2.00 bits per heavy atom. The first kappa shape index (κ1) is 16.3. The Hall–Kier alpha value is -1.06. The Morgan fingerprint density at radius 1 is 1.29 bits per heavy atom. The summed E-state index contributed by atoms with van der Waals surface area (Å²) in [7, 11) is 0. The van der Waals surface area contributed by atoms with Crippen LogP contribution in [0.3, 0.4) is 0 Å². The summed E-state index contributed by atoms with van der Waals surface area (Å²) in [6.07, 6.45) is 5.18. The Labute approximate surface area is 128 Å². The van der Waals surface area contributed by atoms with Crippen LogP contribution in [-0.4, -0.2) is 23.9 Å². The zero-order chi connectivity index (χ0) is 15.3. The Balaban J connectivity index is 1.97. The van der Waals surface area contributed by atoms with Crippen LogP contribution in [0, 0.1) is 6.92 Å². The molecule has 1 atom stereocenters. The molecular formula is C18H29NO2. The molecule has 118 valence electrons. The molecule has 0 radical (unpaired) electrons. The molecule has 3 heteroatoms. The lowest BCUT2D eigenvalue weighted by atomic mass is 9.85. The van der Waals surface area contributed by atoms with Gasteiger partial charge >= 0.3 is 0 Å². The largest absolute Gasteiger partial charge is 0.490 e. The van der Waals surface area contributed by atoms with Crippen molar-refractivity contribution in [1.29, 1.82) is 0 Å². The van der Waals surface area contributed by atoms with Crippen LogP contribution in [0.1, 0.15) is 63.1 Å². The van der Waals surface area contributed by atoms with E-state index in [1.165, 1.54) is 12.0 Å². The molecule has 1 aliphatic rings. The Kier molecular flexibility index (Phi) is 5.65. The molecule has 2 rings (SSSR count). The third-order valence-electron chi connectivity index (χ3n) is 4.49. The number of rotatable bonds is 6.